The van der Waals surface area contributed by atoms with E-state index >= 15 is 0 Å². The van der Waals surface area contributed by atoms with Crippen molar-refractivity contribution in [3.63, 3.8) is 0 Å². The zero-order valence-electron chi connectivity index (χ0n) is 15.3. The van der Waals surface area contributed by atoms with Crippen LogP contribution in [0.25, 0.3) is 0 Å². The largest absolute Gasteiger partial charge is 0.352 e. The molecule has 0 aromatic heterocycles. The number of hydrogen-bond donors (Lipinski definition) is 2. The van der Waals surface area contributed by atoms with Gasteiger partial charge in [0, 0.05) is 18.0 Å². The van der Waals surface area contributed by atoms with Crippen molar-refractivity contribution in [2.75, 3.05) is 5.75 Å². The molecule has 3 aliphatic rings. The number of amides is 1. The van der Waals surface area contributed by atoms with Crippen molar-refractivity contribution < 1.29 is 13.2 Å². The van der Waals surface area contributed by atoms with Gasteiger partial charge in [-0.3, -0.25) is 4.79 Å². The standard InChI is InChI=1S/C20H28N2O3S/c1-13-6-9-15(10-7-13)22-26(24,25)12-18(23)21-20-17-11-8-14-4-2-3-5-16(14)19(17)20/h2-5,13,15,17,19-20,22H,6-12H2,1H3,(H,21,23)/t13?,15?,17-,19-,20-/m1/s1. The van der Waals surface area contributed by atoms with Gasteiger partial charge in [0.05, 0.1) is 0 Å². The van der Waals surface area contributed by atoms with E-state index in [0.29, 0.717) is 17.8 Å². The fourth-order valence-electron chi connectivity index (χ4n) is 4.84. The van der Waals surface area contributed by atoms with Gasteiger partial charge in [-0.2, -0.15) is 0 Å². The van der Waals surface area contributed by atoms with Crippen molar-refractivity contribution in [1.82, 2.24) is 10.0 Å². The first-order valence-electron chi connectivity index (χ1n) is 9.80. The molecule has 1 aromatic carbocycles. The summed E-state index contributed by atoms with van der Waals surface area (Å²) in [5.74, 6) is 0.652. The summed E-state index contributed by atoms with van der Waals surface area (Å²) in [6, 6.07) is 8.47. The lowest BCUT2D eigenvalue weighted by atomic mass is 9.88. The summed E-state index contributed by atoms with van der Waals surface area (Å²) < 4.78 is 27.4. The van der Waals surface area contributed by atoms with Crippen molar-refractivity contribution in [2.45, 2.75) is 63.5 Å². The highest BCUT2D eigenvalue weighted by atomic mass is 32.2. The van der Waals surface area contributed by atoms with Gasteiger partial charge in [-0.15, -0.1) is 0 Å². The number of fused-ring (bicyclic) bond motifs is 3. The topological polar surface area (TPSA) is 75.3 Å². The Morgan fingerprint density at radius 2 is 1.85 bits per heavy atom. The molecule has 26 heavy (non-hydrogen) atoms. The molecule has 142 valence electrons. The van der Waals surface area contributed by atoms with E-state index < -0.39 is 15.8 Å². The van der Waals surface area contributed by atoms with Crippen molar-refractivity contribution >= 4 is 15.9 Å². The lowest BCUT2D eigenvalue weighted by Gasteiger charge is -2.26. The smallest absolute Gasteiger partial charge is 0.236 e. The monoisotopic (exact) mass is 376 g/mol. The average Bonchev–Trinajstić information content (AvgIpc) is 3.29. The molecule has 0 unspecified atom stereocenters. The summed E-state index contributed by atoms with van der Waals surface area (Å²) in [6.45, 7) is 2.20. The normalized spacial score (nSPS) is 33.0. The second kappa shape index (κ2) is 6.97. The van der Waals surface area contributed by atoms with E-state index in [9.17, 15) is 13.2 Å². The van der Waals surface area contributed by atoms with Crippen molar-refractivity contribution in [1.29, 1.82) is 0 Å². The number of nitrogens with one attached hydrogen (secondary N) is 2. The Kier molecular flexibility index (Phi) is 4.82. The molecule has 1 amide bonds. The molecule has 2 N–H and O–H groups in total. The minimum atomic E-state index is -3.57. The van der Waals surface area contributed by atoms with Crippen molar-refractivity contribution in [2.24, 2.45) is 11.8 Å². The van der Waals surface area contributed by atoms with E-state index in [2.05, 4.69) is 35.2 Å². The number of hydrogen-bond acceptors (Lipinski definition) is 3. The average molecular weight is 377 g/mol. The van der Waals surface area contributed by atoms with Crippen LogP contribution in [0.2, 0.25) is 0 Å². The van der Waals surface area contributed by atoms with Gasteiger partial charge in [0.15, 0.2) is 0 Å². The second-order valence-corrected chi connectivity index (χ2v) is 10.1. The van der Waals surface area contributed by atoms with Gasteiger partial charge in [0.2, 0.25) is 15.9 Å². The molecule has 0 bridgehead atoms. The molecule has 0 spiro atoms. The molecule has 6 heteroatoms. The van der Waals surface area contributed by atoms with Gasteiger partial charge >= 0.3 is 0 Å². The highest BCUT2D eigenvalue weighted by Crippen LogP contribution is 2.54. The van der Waals surface area contributed by atoms with E-state index in [1.807, 2.05) is 6.07 Å². The number of carbonyl (C=O) groups excluding carboxylic acids is 1. The van der Waals surface area contributed by atoms with E-state index in [1.54, 1.807) is 0 Å². The van der Waals surface area contributed by atoms with Gasteiger partial charge in [-0.05, 0) is 61.5 Å². The molecule has 5 nitrogen and oxygen atoms in total. The van der Waals surface area contributed by atoms with Crippen LogP contribution in [0.4, 0.5) is 0 Å². The zero-order valence-corrected chi connectivity index (χ0v) is 16.1. The van der Waals surface area contributed by atoms with E-state index in [4.69, 9.17) is 0 Å². The number of rotatable bonds is 5. The fourth-order valence-corrected chi connectivity index (χ4v) is 6.09. The van der Waals surface area contributed by atoms with Crippen LogP contribution < -0.4 is 10.0 Å². The Morgan fingerprint density at radius 1 is 1.12 bits per heavy atom. The molecule has 3 aliphatic carbocycles. The van der Waals surface area contributed by atoms with Crippen LogP contribution in [0.5, 0.6) is 0 Å². The summed E-state index contributed by atoms with van der Waals surface area (Å²) in [6.07, 6.45) is 5.94. The molecule has 2 saturated carbocycles. The van der Waals surface area contributed by atoms with Crippen LogP contribution in [0.15, 0.2) is 24.3 Å². The summed E-state index contributed by atoms with van der Waals surface area (Å²) in [7, 11) is -3.57. The molecule has 2 fully saturated rings. The minimum Gasteiger partial charge on any atom is -0.352 e. The summed E-state index contributed by atoms with van der Waals surface area (Å²) in [4.78, 5) is 12.3. The number of sulfonamides is 1. The predicted molar refractivity (Wildman–Crippen MR) is 101 cm³/mol. The first kappa shape index (κ1) is 18.0. The molecular formula is C20H28N2O3S. The zero-order chi connectivity index (χ0) is 18.3. The molecular weight excluding hydrogens is 348 g/mol. The quantitative estimate of drug-likeness (QED) is 0.828. The second-order valence-electron chi connectivity index (χ2n) is 8.35. The van der Waals surface area contributed by atoms with Crippen LogP contribution in [0.1, 0.15) is 56.1 Å². The van der Waals surface area contributed by atoms with Crippen LogP contribution in [0, 0.1) is 11.8 Å². The Balaban J connectivity index is 1.31. The fraction of sp³-hybridized carbons (Fsp3) is 0.650. The third-order valence-corrected chi connectivity index (χ3v) is 7.68. The molecule has 4 rings (SSSR count). The van der Waals surface area contributed by atoms with Crippen LogP contribution in [-0.4, -0.2) is 32.2 Å². The lowest BCUT2D eigenvalue weighted by molar-refractivity contribution is -0.118. The Labute approximate surface area is 156 Å². The van der Waals surface area contributed by atoms with Crippen molar-refractivity contribution in [3.8, 4) is 0 Å². The molecule has 1 aromatic rings. The number of benzene rings is 1. The minimum absolute atomic E-state index is 0.0145. The molecule has 0 aliphatic heterocycles. The highest BCUT2D eigenvalue weighted by molar-refractivity contribution is 7.90. The third-order valence-electron chi connectivity index (χ3n) is 6.34. The third kappa shape index (κ3) is 3.81. The van der Waals surface area contributed by atoms with Crippen molar-refractivity contribution in [3.05, 3.63) is 35.4 Å². The maximum absolute atomic E-state index is 12.3. The van der Waals surface area contributed by atoms with Gasteiger partial charge < -0.3 is 5.32 Å². The number of carbonyl (C=O) groups is 1. The van der Waals surface area contributed by atoms with Crippen LogP contribution in [-0.2, 0) is 21.2 Å². The Morgan fingerprint density at radius 3 is 2.62 bits per heavy atom. The molecule has 0 radical (unpaired) electrons. The maximum atomic E-state index is 12.3. The predicted octanol–water partition coefficient (Wildman–Crippen LogP) is 2.33. The van der Waals surface area contributed by atoms with E-state index in [1.165, 1.54) is 11.1 Å². The van der Waals surface area contributed by atoms with Gasteiger partial charge in [-0.1, -0.05) is 31.2 Å². The lowest BCUT2D eigenvalue weighted by Crippen LogP contribution is -2.43. The van der Waals surface area contributed by atoms with Crippen LogP contribution in [0.3, 0.4) is 0 Å². The molecule has 0 heterocycles. The molecule has 3 atom stereocenters. The maximum Gasteiger partial charge on any atom is 0.236 e. The summed E-state index contributed by atoms with van der Waals surface area (Å²) in [5, 5.41) is 2.98. The number of aryl methyl sites for hydroxylation is 1. The molecule has 0 saturated heterocycles. The highest BCUT2D eigenvalue weighted by Gasteiger charge is 2.53. The van der Waals surface area contributed by atoms with Crippen LogP contribution >= 0.6 is 0 Å². The first-order valence-corrected chi connectivity index (χ1v) is 11.5. The Hall–Kier alpha value is -1.40. The van der Waals surface area contributed by atoms with Gasteiger partial charge in [0.1, 0.15) is 5.75 Å². The summed E-state index contributed by atoms with van der Waals surface area (Å²) >= 11 is 0. The van der Waals surface area contributed by atoms with Gasteiger partial charge in [0.25, 0.3) is 0 Å². The SMILES string of the molecule is CC1CCC(NS(=O)(=O)CC(=O)N[C@@H]2[C@@H]3CCc4ccccc4[C@H]32)CC1. The van der Waals surface area contributed by atoms with Gasteiger partial charge in [-0.25, -0.2) is 13.1 Å². The Bertz CT molecular complexity index is 784. The van der Waals surface area contributed by atoms with E-state index in [-0.39, 0.29) is 18.0 Å². The first-order chi connectivity index (χ1) is 12.4. The van der Waals surface area contributed by atoms with E-state index in [0.717, 1.165) is 38.5 Å². The summed E-state index contributed by atoms with van der Waals surface area (Å²) in [5.41, 5.74) is 2.69.